The van der Waals surface area contributed by atoms with E-state index < -0.39 is 11.6 Å². The Bertz CT molecular complexity index is 114. The van der Waals surface area contributed by atoms with Gasteiger partial charge in [0.1, 0.15) is 0 Å². The van der Waals surface area contributed by atoms with Crippen LogP contribution < -0.4 is 0 Å². The lowest BCUT2D eigenvalue weighted by Crippen LogP contribution is -2.12. The summed E-state index contributed by atoms with van der Waals surface area (Å²) in [5, 5.41) is 6.22. The van der Waals surface area contributed by atoms with Gasteiger partial charge in [0.15, 0.2) is 0 Å². The van der Waals surface area contributed by atoms with E-state index in [0.717, 1.165) is 0 Å². The van der Waals surface area contributed by atoms with Gasteiger partial charge in [-0.3, -0.25) is 0 Å². The second-order valence-electron chi connectivity index (χ2n) is 3.21. The molecule has 0 aromatic carbocycles. The lowest BCUT2D eigenvalue weighted by Gasteiger charge is -2.10. The summed E-state index contributed by atoms with van der Waals surface area (Å²) < 4.78 is 24.0. The lowest BCUT2D eigenvalue weighted by atomic mass is 10.1. The zero-order chi connectivity index (χ0) is 8.41. The topological polar surface area (TPSA) is 24.7 Å². The molecule has 0 atom stereocenters. The highest BCUT2D eigenvalue weighted by molar-refractivity contribution is 4.67. The van der Waals surface area contributed by atoms with Gasteiger partial charge in [0, 0.05) is 6.92 Å². The third kappa shape index (κ3) is 7.46. The van der Waals surface area contributed by atoms with Gasteiger partial charge in [-0.2, -0.15) is 13.9 Å². The second-order valence-corrected chi connectivity index (χ2v) is 3.21. The van der Waals surface area contributed by atoms with Crippen molar-refractivity contribution in [2.75, 3.05) is 0 Å². The zero-order valence-electron chi connectivity index (χ0n) is 6.65. The van der Waals surface area contributed by atoms with E-state index in [9.17, 15) is 8.78 Å². The summed E-state index contributed by atoms with van der Waals surface area (Å²) in [6, 6.07) is -3.03. The van der Waals surface area contributed by atoms with E-state index >= 15 is 0 Å². The summed E-state index contributed by atoms with van der Waals surface area (Å²) in [6.45, 7) is 5.84. The van der Waals surface area contributed by atoms with Crippen molar-refractivity contribution in [3.8, 4) is 0 Å². The molecule has 0 fully saturated rings. The maximum absolute atomic E-state index is 12.0. The molecule has 60 valence electrons. The van der Waals surface area contributed by atoms with E-state index in [4.69, 9.17) is 0 Å². The molecule has 0 aliphatic heterocycles. The van der Waals surface area contributed by atoms with Crippen LogP contribution in [0.5, 0.6) is 0 Å². The fourth-order valence-electron chi connectivity index (χ4n) is 0.238. The van der Waals surface area contributed by atoms with Crippen molar-refractivity contribution in [1.82, 2.24) is 0 Å². The summed E-state index contributed by atoms with van der Waals surface area (Å²) in [6.07, 6.45) is 0. The molecule has 0 saturated carbocycles. The van der Waals surface area contributed by atoms with Crippen molar-refractivity contribution in [2.24, 2.45) is 10.2 Å². The molecule has 0 aromatic heterocycles. The first-order valence-electron chi connectivity index (χ1n) is 3.03. The van der Waals surface area contributed by atoms with Gasteiger partial charge in [0.05, 0.1) is 5.54 Å². The number of nitrogens with zero attached hydrogens (tertiary/aromatic N) is 2. The van der Waals surface area contributed by atoms with Crippen LogP contribution in [0.1, 0.15) is 27.7 Å². The van der Waals surface area contributed by atoms with Crippen LogP contribution in [0.15, 0.2) is 10.2 Å². The van der Waals surface area contributed by atoms with Gasteiger partial charge in [0.25, 0.3) is 0 Å². The molecule has 4 heteroatoms. The minimum atomic E-state index is -3.03. The SMILES string of the molecule is CC(C)(C)N=NC(C)(F)F. The van der Waals surface area contributed by atoms with Crippen molar-refractivity contribution in [2.45, 2.75) is 39.3 Å². The van der Waals surface area contributed by atoms with Gasteiger partial charge < -0.3 is 0 Å². The third-order valence-electron chi connectivity index (χ3n) is 0.526. The molecule has 0 N–H and O–H groups in total. The number of alkyl halides is 2. The molecule has 2 nitrogen and oxygen atoms in total. The van der Waals surface area contributed by atoms with Gasteiger partial charge in [-0.05, 0) is 20.8 Å². The van der Waals surface area contributed by atoms with Crippen LogP contribution >= 0.6 is 0 Å². The summed E-state index contributed by atoms with van der Waals surface area (Å²) in [4.78, 5) is 0. The molecule has 0 aliphatic carbocycles. The number of rotatable bonds is 1. The van der Waals surface area contributed by atoms with Gasteiger partial charge in [-0.1, -0.05) is 0 Å². The maximum Gasteiger partial charge on any atom is 0.355 e. The van der Waals surface area contributed by atoms with Gasteiger partial charge in [0.2, 0.25) is 0 Å². The van der Waals surface area contributed by atoms with E-state index in [0.29, 0.717) is 6.92 Å². The Morgan fingerprint density at radius 1 is 0.900 bits per heavy atom. The quantitative estimate of drug-likeness (QED) is 0.405. The van der Waals surface area contributed by atoms with Crippen molar-refractivity contribution in [3.63, 3.8) is 0 Å². The standard InChI is InChI=1S/C6H12F2N2/c1-5(2,3)9-10-6(4,7)8/h1-4H3. The van der Waals surface area contributed by atoms with Gasteiger partial charge in [-0.25, -0.2) is 0 Å². The minimum Gasteiger partial charge on any atom is -0.182 e. The molecule has 0 heterocycles. The Labute approximate surface area is 59.3 Å². The molecule has 0 radical (unpaired) electrons. The summed E-state index contributed by atoms with van der Waals surface area (Å²) >= 11 is 0. The predicted molar refractivity (Wildman–Crippen MR) is 35.2 cm³/mol. The first-order chi connectivity index (χ1) is 4.21. The highest BCUT2D eigenvalue weighted by Gasteiger charge is 2.20. The van der Waals surface area contributed by atoms with Gasteiger partial charge in [-0.15, -0.1) is 5.11 Å². The van der Waals surface area contributed by atoms with Crippen LogP contribution in [0.2, 0.25) is 0 Å². The summed E-state index contributed by atoms with van der Waals surface area (Å²) in [5.74, 6) is 0. The molecule has 0 bridgehead atoms. The molecular weight excluding hydrogens is 138 g/mol. The number of azo groups is 1. The first kappa shape index (κ1) is 9.46. The van der Waals surface area contributed by atoms with Crippen LogP contribution in [0, 0.1) is 0 Å². The molecule has 0 saturated heterocycles. The number of hydrogen-bond acceptors (Lipinski definition) is 2. The Morgan fingerprint density at radius 3 is 1.40 bits per heavy atom. The molecular formula is C6H12F2N2. The monoisotopic (exact) mass is 150 g/mol. The highest BCUT2D eigenvalue weighted by atomic mass is 19.3. The molecule has 0 aromatic rings. The molecule has 0 unspecified atom stereocenters. The van der Waals surface area contributed by atoms with Gasteiger partial charge >= 0.3 is 6.05 Å². The molecule has 0 aliphatic rings. The van der Waals surface area contributed by atoms with Crippen molar-refractivity contribution >= 4 is 0 Å². The number of hydrogen-bond donors (Lipinski definition) is 0. The molecule has 0 amide bonds. The Hall–Kier alpha value is -0.540. The van der Waals surface area contributed by atoms with Crippen molar-refractivity contribution in [3.05, 3.63) is 0 Å². The Balaban J connectivity index is 4.01. The fraction of sp³-hybridized carbons (Fsp3) is 1.00. The summed E-state index contributed by atoms with van der Waals surface area (Å²) in [7, 11) is 0. The van der Waals surface area contributed by atoms with E-state index in [1.807, 2.05) is 0 Å². The Kier molecular flexibility index (Phi) is 2.46. The summed E-state index contributed by atoms with van der Waals surface area (Å²) in [5.41, 5.74) is -0.514. The maximum atomic E-state index is 12.0. The molecule has 10 heavy (non-hydrogen) atoms. The van der Waals surface area contributed by atoms with Crippen LogP contribution in [0.3, 0.4) is 0 Å². The zero-order valence-corrected chi connectivity index (χ0v) is 6.65. The lowest BCUT2D eigenvalue weighted by molar-refractivity contribution is 0.0211. The van der Waals surface area contributed by atoms with Crippen LogP contribution in [0.25, 0.3) is 0 Å². The second kappa shape index (κ2) is 2.60. The fourth-order valence-corrected chi connectivity index (χ4v) is 0.238. The average molecular weight is 150 g/mol. The normalized spacial score (nSPS) is 14.6. The van der Waals surface area contributed by atoms with Crippen LogP contribution in [-0.2, 0) is 0 Å². The molecule has 0 spiro atoms. The third-order valence-corrected chi connectivity index (χ3v) is 0.526. The minimum absolute atomic E-state index is 0.514. The number of halogens is 2. The van der Waals surface area contributed by atoms with E-state index in [1.54, 1.807) is 20.8 Å². The largest absolute Gasteiger partial charge is 0.355 e. The van der Waals surface area contributed by atoms with E-state index in [2.05, 4.69) is 10.2 Å². The van der Waals surface area contributed by atoms with E-state index in [1.165, 1.54) is 0 Å². The van der Waals surface area contributed by atoms with Crippen molar-refractivity contribution in [1.29, 1.82) is 0 Å². The average Bonchev–Trinajstić information content (AvgIpc) is 1.57. The Morgan fingerprint density at radius 2 is 1.30 bits per heavy atom. The van der Waals surface area contributed by atoms with Crippen molar-refractivity contribution < 1.29 is 8.78 Å². The smallest absolute Gasteiger partial charge is 0.182 e. The van der Waals surface area contributed by atoms with E-state index in [-0.39, 0.29) is 0 Å². The molecule has 0 rings (SSSR count). The highest BCUT2D eigenvalue weighted by Crippen LogP contribution is 2.17. The predicted octanol–water partition coefficient (Wildman–Crippen LogP) is 2.85. The van der Waals surface area contributed by atoms with Crippen LogP contribution in [-0.4, -0.2) is 11.6 Å². The first-order valence-corrected chi connectivity index (χ1v) is 3.03. The van der Waals surface area contributed by atoms with Crippen LogP contribution in [0.4, 0.5) is 8.78 Å².